The molecule has 0 aliphatic heterocycles. The predicted octanol–water partition coefficient (Wildman–Crippen LogP) is 11.2. The van der Waals surface area contributed by atoms with Crippen LogP contribution in [0.25, 0.3) is 44.3 Å². The summed E-state index contributed by atoms with van der Waals surface area (Å²) in [5.41, 5.74) is 6.33. The lowest BCUT2D eigenvalue weighted by atomic mass is 10.0. The van der Waals surface area contributed by atoms with Crippen molar-refractivity contribution in [1.29, 1.82) is 0 Å². The molecule has 0 fully saturated rings. The zero-order chi connectivity index (χ0) is 25.1. The SMILES string of the molecule is CC.CC.CC.CC.CC.CC.I.c1cc2c3c(cccc3c1)-c1nc3ccccc3nc1-2. The van der Waals surface area contributed by atoms with Crippen LogP contribution in [0.3, 0.4) is 0 Å². The molecule has 0 bridgehead atoms. The summed E-state index contributed by atoms with van der Waals surface area (Å²) in [5.74, 6) is 0. The van der Waals surface area contributed by atoms with Gasteiger partial charge >= 0.3 is 0 Å². The van der Waals surface area contributed by atoms with Gasteiger partial charge in [0.2, 0.25) is 0 Å². The topological polar surface area (TPSA) is 25.8 Å². The molecule has 1 aromatic heterocycles. The van der Waals surface area contributed by atoms with Crippen LogP contribution in [0.4, 0.5) is 0 Å². The van der Waals surface area contributed by atoms with Crippen molar-refractivity contribution in [3.8, 4) is 22.5 Å². The minimum absolute atomic E-state index is 0. The first-order valence-corrected chi connectivity index (χ1v) is 12.7. The van der Waals surface area contributed by atoms with Gasteiger partial charge in [0.15, 0.2) is 0 Å². The number of fused-ring (bicyclic) bond motifs is 4. The van der Waals surface area contributed by atoms with Crippen molar-refractivity contribution in [3.63, 3.8) is 0 Å². The molecule has 0 spiro atoms. The van der Waals surface area contributed by atoms with E-state index in [1.54, 1.807) is 0 Å². The Kier molecular flexibility index (Phi) is 23.5. The van der Waals surface area contributed by atoms with Crippen molar-refractivity contribution in [1.82, 2.24) is 9.97 Å². The molecule has 1 aliphatic rings. The van der Waals surface area contributed by atoms with E-state index < -0.39 is 0 Å². The molecule has 184 valence electrons. The number of para-hydroxylation sites is 2. The molecule has 0 saturated heterocycles. The van der Waals surface area contributed by atoms with Gasteiger partial charge in [0.1, 0.15) is 0 Å². The number of halogens is 1. The van der Waals surface area contributed by atoms with Crippen LogP contribution in [0.15, 0.2) is 60.7 Å². The van der Waals surface area contributed by atoms with Crippen molar-refractivity contribution < 1.29 is 0 Å². The normalized spacial score (nSPS) is 8.36. The van der Waals surface area contributed by atoms with Crippen LogP contribution >= 0.6 is 24.0 Å². The third kappa shape index (κ3) is 8.37. The Morgan fingerprint density at radius 1 is 0.424 bits per heavy atom. The van der Waals surface area contributed by atoms with Crippen LogP contribution in [-0.4, -0.2) is 9.97 Å². The van der Waals surface area contributed by atoms with Gasteiger partial charge in [-0.1, -0.05) is 132 Å². The zero-order valence-corrected chi connectivity index (χ0v) is 25.4. The first kappa shape index (κ1) is 35.6. The minimum atomic E-state index is 0. The summed E-state index contributed by atoms with van der Waals surface area (Å²) in [7, 11) is 0. The average molecular weight is 563 g/mol. The summed E-state index contributed by atoms with van der Waals surface area (Å²) in [6, 6.07) is 20.8. The van der Waals surface area contributed by atoms with Crippen LogP contribution in [0.1, 0.15) is 83.1 Å². The van der Waals surface area contributed by atoms with E-state index in [1.165, 1.54) is 21.9 Å². The number of hydrogen-bond acceptors (Lipinski definition) is 2. The Morgan fingerprint density at radius 2 is 0.758 bits per heavy atom. The van der Waals surface area contributed by atoms with Crippen molar-refractivity contribution in [2.24, 2.45) is 0 Å². The standard InChI is InChI=1S/C18H10N2.6C2H6.HI/c1-2-10-15-14(9-1)19-17-12-7-3-5-11-6-4-8-13(16(11)12)18(17)20-15;6*1-2;/h1-10H;6*1-2H3;1H. The van der Waals surface area contributed by atoms with Gasteiger partial charge in [-0.2, -0.15) is 0 Å². The molecule has 0 atom stereocenters. The molecule has 0 saturated carbocycles. The molecule has 0 unspecified atom stereocenters. The fraction of sp³-hybridized carbons (Fsp3) is 0.400. The fourth-order valence-corrected chi connectivity index (χ4v) is 3.11. The van der Waals surface area contributed by atoms with Gasteiger partial charge in [0.25, 0.3) is 0 Å². The van der Waals surface area contributed by atoms with Crippen LogP contribution in [0, 0.1) is 0 Å². The summed E-state index contributed by atoms with van der Waals surface area (Å²) in [4.78, 5) is 9.67. The van der Waals surface area contributed by atoms with Gasteiger partial charge in [-0.25, -0.2) is 9.97 Å². The largest absolute Gasteiger partial charge is 0.244 e. The highest BCUT2D eigenvalue weighted by Gasteiger charge is 2.23. The van der Waals surface area contributed by atoms with E-state index in [-0.39, 0.29) is 24.0 Å². The van der Waals surface area contributed by atoms with Crippen molar-refractivity contribution in [3.05, 3.63) is 60.7 Å². The number of rotatable bonds is 0. The molecule has 1 heterocycles. The van der Waals surface area contributed by atoms with Gasteiger partial charge in [-0.3, -0.25) is 0 Å². The smallest absolute Gasteiger partial charge is 0.0979 e. The van der Waals surface area contributed by atoms with E-state index in [1.807, 2.05) is 107 Å². The third-order valence-electron chi connectivity index (χ3n) is 3.99. The third-order valence-corrected chi connectivity index (χ3v) is 3.99. The Morgan fingerprint density at radius 3 is 1.09 bits per heavy atom. The number of aromatic nitrogens is 2. The molecule has 1 aliphatic carbocycles. The highest BCUT2D eigenvalue weighted by Crippen LogP contribution is 2.45. The quantitative estimate of drug-likeness (QED) is 0.175. The Hall–Kier alpha value is -2.01. The van der Waals surface area contributed by atoms with Gasteiger partial charge in [0.05, 0.1) is 22.4 Å². The summed E-state index contributed by atoms with van der Waals surface area (Å²) in [5, 5.41) is 2.53. The number of hydrogen-bond donors (Lipinski definition) is 0. The lowest BCUT2D eigenvalue weighted by molar-refractivity contribution is 1.32. The predicted molar refractivity (Wildman–Crippen MR) is 165 cm³/mol. The maximum Gasteiger partial charge on any atom is 0.0979 e. The van der Waals surface area contributed by atoms with Crippen molar-refractivity contribution in [2.45, 2.75) is 83.1 Å². The zero-order valence-electron chi connectivity index (χ0n) is 23.1. The molecule has 5 rings (SSSR count). The second-order valence-corrected chi connectivity index (χ2v) is 5.12. The first-order chi connectivity index (χ1) is 15.9. The lowest BCUT2D eigenvalue weighted by Gasteiger charge is -2.02. The Labute approximate surface area is 221 Å². The van der Waals surface area contributed by atoms with Gasteiger partial charge in [-0.05, 0) is 17.5 Å². The molecule has 2 nitrogen and oxygen atoms in total. The highest BCUT2D eigenvalue weighted by molar-refractivity contribution is 14.0. The highest BCUT2D eigenvalue weighted by atomic mass is 127. The van der Waals surface area contributed by atoms with E-state index in [2.05, 4.69) is 36.4 Å². The number of nitrogens with zero attached hydrogens (tertiary/aromatic N) is 2. The van der Waals surface area contributed by atoms with Crippen LogP contribution in [0.2, 0.25) is 0 Å². The van der Waals surface area contributed by atoms with Gasteiger partial charge in [-0.15, -0.1) is 24.0 Å². The molecule has 0 N–H and O–H groups in total. The second kappa shape index (κ2) is 21.8. The molecule has 4 aromatic rings. The fourth-order valence-electron chi connectivity index (χ4n) is 3.11. The van der Waals surface area contributed by atoms with Crippen LogP contribution in [-0.2, 0) is 0 Å². The van der Waals surface area contributed by atoms with E-state index in [0.29, 0.717) is 0 Å². The summed E-state index contributed by atoms with van der Waals surface area (Å²) in [6.45, 7) is 24.0. The Balaban J connectivity index is -0.000000612. The molecule has 3 heteroatoms. The monoisotopic (exact) mass is 562 g/mol. The molecule has 33 heavy (non-hydrogen) atoms. The molecular formula is C30H47IN2. The van der Waals surface area contributed by atoms with Crippen molar-refractivity contribution >= 4 is 45.8 Å². The van der Waals surface area contributed by atoms with Crippen LogP contribution in [0.5, 0.6) is 0 Å². The number of benzene rings is 3. The summed E-state index contributed by atoms with van der Waals surface area (Å²) >= 11 is 0. The summed E-state index contributed by atoms with van der Waals surface area (Å²) < 4.78 is 0. The minimum Gasteiger partial charge on any atom is -0.244 e. The molecular weight excluding hydrogens is 515 g/mol. The molecule has 0 amide bonds. The van der Waals surface area contributed by atoms with Gasteiger partial charge < -0.3 is 0 Å². The van der Waals surface area contributed by atoms with Gasteiger partial charge in [0, 0.05) is 16.5 Å². The van der Waals surface area contributed by atoms with E-state index in [4.69, 9.17) is 9.97 Å². The van der Waals surface area contributed by atoms with Crippen LogP contribution < -0.4 is 0 Å². The van der Waals surface area contributed by atoms with E-state index in [9.17, 15) is 0 Å². The lowest BCUT2D eigenvalue weighted by Crippen LogP contribution is -1.89. The maximum atomic E-state index is 4.83. The second-order valence-electron chi connectivity index (χ2n) is 5.12. The molecule has 3 aromatic carbocycles. The maximum absolute atomic E-state index is 4.83. The average Bonchev–Trinajstić information content (AvgIpc) is 3.24. The van der Waals surface area contributed by atoms with E-state index >= 15 is 0 Å². The van der Waals surface area contributed by atoms with E-state index in [0.717, 1.165) is 22.4 Å². The first-order valence-electron chi connectivity index (χ1n) is 12.7. The van der Waals surface area contributed by atoms with Crippen molar-refractivity contribution in [2.75, 3.05) is 0 Å². The summed E-state index contributed by atoms with van der Waals surface area (Å²) in [6.07, 6.45) is 0. The Bertz CT molecular complexity index is 933. The molecule has 0 radical (unpaired) electrons.